The van der Waals surface area contributed by atoms with Gasteiger partial charge in [0, 0.05) is 11.1 Å². The Kier molecular flexibility index (Phi) is 6.55. The Morgan fingerprint density at radius 3 is 2.74 bits per heavy atom. The Bertz CT molecular complexity index is 377. The smallest absolute Gasteiger partial charge is 0.0438 e. The van der Waals surface area contributed by atoms with Crippen LogP contribution < -0.4 is 5.32 Å². The number of benzene rings is 1. The maximum atomic E-state index is 6.28. The number of likely N-dealkylation sites (N-methyl/N-ethyl adjacent to an activating group) is 1. The standard InChI is InChI=1S/C16H24ClNS/c1-2-18-15(11-13-7-9-19-10-8-13)12-14-5-3-4-6-16(14)17/h3-6,13,15,18H,2,7-12H2,1H3. The summed E-state index contributed by atoms with van der Waals surface area (Å²) < 4.78 is 0. The van der Waals surface area contributed by atoms with Crippen molar-refractivity contribution < 1.29 is 0 Å². The summed E-state index contributed by atoms with van der Waals surface area (Å²) in [6, 6.07) is 8.81. The molecule has 1 unspecified atom stereocenters. The lowest BCUT2D eigenvalue weighted by molar-refractivity contribution is 0.366. The average molecular weight is 298 g/mol. The van der Waals surface area contributed by atoms with E-state index in [1.54, 1.807) is 0 Å². The molecule has 0 aliphatic carbocycles. The van der Waals surface area contributed by atoms with Crippen LogP contribution in [0.5, 0.6) is 0 Å². The Balaban J connectivity index is 1.93. The van der Waals surface area contributed by atoms with Gasteiger partial charge < -0.3 is 5.32 Å². The molecular formula is C16H24ClNS. The second kappa shape index (κ2) is 8.18. The van der Waals surface area contributed by atoms with Crippen LogP contribution in [0.4, 0.5) is 0 Å². The third-order valence-corrected chi connectivity index (χ3v) is 5.29. The summed E-state index contributed by atoms with van der Waals surface area (Å²) in [4.78, 5) is 0. The van der Waals surface area contributed by atoms with Gasteiger partial charge in [0.15, 0.2) is 0 Å². The summed E-state index contributed by atoms with van der Waals surface area (Å²) >= 11 is 8.38. The van der Waals surface area contributed by atoms with Crippen LogP contribution in [0.25, 0.3) is 0 Å². The Morgan fingerprint density at radius 2 is 2.05 bits per heavy atom. The first-order valence-corrected chi connectivity index (χ1v) is 8.87. The van der Waals surface area contributed by atoms with Crippen molar-refractivity contribution in [3.8, 4) is 0 Å². The van der Waals surface area contributed by atoms with Crippen molar-refractivity contribution in [1.29, 1.82) is 0 Å². The zero-order chi connectivity index (χ0) is 13.5. The van der Waals surface area contributed by atoms with Gasteiger partial charge in [0.25, 0.3) is 0 Å². The lowest BCUT2D eigenvalue weighted by Crippen LogP contribution is -2.34. The van der Waals surface area contributed by atoms with E-state index in [9.17, 15) is 0 Å². The van der Waals surface area contributed by atoms with Gasteiger partial charge in [-0.3, -0.25) is 0 Å². The first-order valence-electron chi connectivity index (χ1n) is 7.34. The van der Waals surface area contributed by atoms with Crippen molar-refractivity contribution >= 4 is 23.4 Å². The topological polar surface area (TPSA) is 12.0 Å². The van der Waals surface area contributed by atoms with Gasteiger partial charge in [-0.05, 0) is 61.3 Å². The molecule has 1 aromatic carbocycles. The van der Waals surface area contributed by atoms with Gasteiger partial charge in [-0.15, -0.1) is 0 Å². The highest BCUT2D eigenvalue weighted by atomic mass is 35.5. The molecule has 2 rings (SSSR count). The molecule has 0 amide bonds. The van der Waals surface area contributed by atoms with Crippen LogP contribution in [0, 0.1) is 5.92 Å². The molecule has 1 atom stereocenters. The van der Waals surface area contributed by atoms with E-state index < -0.39 is 0 Å². The molecule has 1 aromatic rings. The molecule has 0 aromatic heterocycles. The maximum Gasteiger partial charge on any atom is 0.0438 e. The normalized spacial score (nSPS) is 18.4. The number of nitrogens with one attached hydrogen (secondary N) is 1. The van der Waals surface area contributed by atoms with E-state index in [0.717, 1.165) is 23.9 Å². The summed E-state index contributed by atoms with van der Waals surface area (Å²) in [5.74, 6) is 3.58. The predicted octanol–water partition coefficient (Wildman–Crippen LogP) is 4.39. The fourth-order valence-electron chi connectivity index (χ4n) is 2.84. The molecule has 19 heavy (non-hydrogen) atoms. The molecule has 0 spiro atoms. The molecule has 1 heterocycles. The summed E-state index contributed by atoms with van der Waals surface area (Å²) in [7, 11) is 0. The van der Waals surface area contributed by atoms with Gasteiger partial charge >= 0.3 is 0 Å². The van der Waals surface area contributed by atoms with Crippen LogP contribution in [0.15, 0.2) is 24.3 Å². The van der Waals surface area contributed by atoms with Crippen molar-refractivity contribution in [3.05, 3.63) is 34.9 Å². The highest BCUT2D eigenvalue weighted by Crippen LogP contribution is 2.28. The van der Waals surface area contributed by atoms with Gasteiger partial charge in [0.05, 0.1) is 0 Å². The van der Waals surface area contributed by atoms with Crippen molar-refractivity contribution in [1.82, 2.24) is 5.32 Å². The van der Waals surface area contributed by atoms with Crippen molar-refractivity contribution in [2.24, 2.45) is 5.92 Å². The fraction of sp³-hybridized carbons (Fsp3) is 0.625. The Hall–Kier alpha value is -0.180. The highest BCUT2D eigenvalue weighted by molar-refractivity contribution is 7.99. The first-order chi connectivity index (χ1) is 9.29. The van der Waals surface area contributed by atoms with Crippen LogP contribution in [0.2, 0.25) is 5.02 Å². The minimum absolute atomic E-state index is 0.568. The zero-order valence-corrected chi connectivity index (χ0v) is 13.3. The Labute approximate surface area is 126 Å². The van der Waals surface area contributed by atoms with Gasteiger partial charge in [-0.1, -0.05) is 36.7 Å². The van der Waals surface area contributed by atoms with Crippen LogP contribution in [-0.4, -0.2) is 24.1 Å². The number of halogens is 1. The van der Waals surface area contributed by atoms with Crippen LogP contribution in [0.3, 0.4) is 0 Å². The van der Waals surface area contributed by atoms with Crippen molar-refractivity contribution in [2.75, 3.05) is 18.1 Å². The molecule has 0 saturated carbocycles. The highest BCUT2D eigenvalue weighted by Gasteiger charge is 2.19. The minimum Gasteiger partial charge on any atom is -0.314 e. The Morgan fingerprint density at radius 1 is 1.32 bits per heavy atom. The maximum absolute atomic E-state index is 6.28. The number of hydrogen-bond acceptors (Lipinski definition) is 2. The van der Waals surface area contributed by atoms with Crippen LogP contribution in [0.1, 0.15) is 31.7 Å². The van der Waals surface area contributed by atoms with Crippen molar-refractivity contribution in [2.45, 2.75) is 38.6 Å². The number of hydrogen-bond donors (Lipinski definition) is 1. The van der Waals surface area contributed by atoms with Gasteiger partial charge in [-0.25, -0.2) is 0 Å². The summed E-state index contributed by atoms with van der Waals surface area (Å²) in [5.41, 5.74) is 1.28. The number of rotatable bonds is 6. The van der Waals surface area contributed by atoms with Crippen LogP contribution in [-0.2, 0) is 6.42 Å². The van der Waals surface area contributed by atoms with Crippen molar-refractivity contribution in [3.63, 3.8) is 0 Å². The predicted molar refractivity (Wildman–Crippen MR) is 87.3 cm³/mol. The third-order valence-electron chi connectivity index (χ3n) is 3.88. The lowest BCUT2D eigenvalue weighted by atomic mass is 9.91. The lowest BCUT2D eigenvalue weighted by Gasteiger charge is -2.27. The number of thioether (sulfide) groups is 1. The quantitative estimate of drug-likeness (QED) is 0.835. The second-order valence-corrected chi connectivity index (χ2v) is 6.97. The first kappa shape index (κ1) is 15.2. The van der Waals surface area contributed by atoms with E-state index in [0.29, 0.717) is 6.04 Å². The molecular weight excluding hydrogens is 274 g/mol. The molecule has 1 aliphatic rings. The van der Waals surface area contributed by atoms with E-state index in [2.05, 4.69) is 36.1 Å². The molecule has 1 fully saturated rings. The fourth-order valence-corrected chi connectivity index (χ4v) is 4.26. The third kappa shape index (κ3) is 5.02. The molecule has 0 radical (unpaired) electrons. The molecule has 1 saturated heterocycles. The van der Waals surface area contributed by atoms with E-state index in [-0.39, 0.29) is 0 Å². The van der Waals surface area contributed by atoms with Gasteiger partial charge in [0.1, 0.15) is 0 Å². The molecule has 0 bridgehead atoms. The van der Waals surface area contributed by atoms with Gasteiger partial charge in [0.2, 0.25) is 0 Å². The van der Waals surface area contributed by atoms with E-state index in [1.165, 1.54) is 36.3 Å². The minimum atomic E-state index is 0.568. The molecule has 106 valence electrons. The monoisotopic (exact) mass is 297 g/mol. The van der Waals surface area contributed by atoms with Gasteiger partial charge in [-0.2, -0.15) is 11.8 Å². The zero-order valence-electron chi connectivity index (χ0n) is 11.7. The SMILES string of the molecule is CCNC(Cc1ccccc1Cl)CC1CCSCC1. The summed E-state index contributed by atoms with van der Waals surface area (Å²) in [6.07, 6.45) is 5.11. The van der Waals surface area contributed by atoms with E-state index >= 15 is 0 Å². The molecule has 3 heteroatoms. The van der Waals surface area contributed by atoms with Crippen LogP contribution >= 0.6 is 23.4 Å². The van der Waals surface area contributed by atoms with E-state index in [1.807, 2.05) is 12.1 Å². The summed E-state index contributed by atoms with van der Waals surface area (Å²) in [6.45, 7) is 3.23. The molecule has 1 aliphatic heterocycles. The average Bonchev–Trinajstić information content (AvgIpc) is 2.43. The molecule has 1 nitrogen and oxygen atoms in total. The van der Waals surface area contributed by atoms with E-state index in [4.69, 9.17) is 11.6 Å². The second-order valence-electron chi connectivity index (χ2n) is 5.34. The summed E-state index contributed by atoms with van der Waals surface area (Å²) in [5, 5.41) is 4.55. The largest absolute Gasteiger partial charge is 0.314 e. The molecule has 1 N–H and O–H groups in total.